The molecule has 1 fully saturated rings. The number of nitrogens with zero attached hydrogens (tertiary/aromatic N) is 3. The Labute approximate surface area is 130 Å². The van der Waals surface area contributed by atoms with Gasteiger partial charge in [0, 0.05) is 35.9 Å². The van der Waals surface area contributed by atoms with Crippen molar-refractivity contribution in [3.8, 4) is 0 Å². The highest BCUT2D eigenvalue weighted by Gasteiger charge is 2.32. The number of carbonyl (C=O) groups is 1. The number of amides is 1. The Bertz CT molecular complexity index is 689. The zero-order valence-electron chi connectivity index (χ0n) is 11.6. The van der Waals surface area contributed by atoms with E-state index in [1.165, 1.54) is 23.5 Å². The number of hydrogen-bond donors (Lipinski definition) is 1. The molecular formula is C14H14N4O3S. The molecule has 1 amide bonds. The van der Waals surface area contributed by atoms with Gasteiger partial charge in [-0.1, -0.05) is 6.07 Å². The Kier molecular flexibility index (Phi) is 4.01. The van der Waals surface area contributed by atoms with E-state index in [-0.39, 0.29) is 17.6 Å². The summed E-state index contributed by atoms with van der Waals surface area (Å²) in [5, 5.41) is 16.3. The van der Waals surface area contributed by atoms with Crippen LogP contribution in [0.25, 0.3) is 0 Å². The summed E-state index contributed by atoms with van der Waals surface area (Å²) in [5.74, 6) is -0.159. The number of rotatable bonds is 4. The average Bonchev–Trinajstić information content (AvgIpc) is 3.18. The topological polar surface area (TPSA) is 88.4 Å². The molecule has 1 saturated heterocycles. The average molecular weight is 318 g/mol. The molecule has 1 atom stereocenters. The molecule has 0 spiro atoms. The van der Waals surface area contributed by atoms with Crippen LogP contribution >= 0.6 is 11.3 Å². The van der Waals surface area contributed by atoms with Crippen molar-refractivity contribution in [2.24, 2.45) is 0 Å². The van der Waals surface area contributed by atoms with Crippen LogP contribution in [0.2, 0.25) is 0 Å². The van der Waals surface area contributed by atoms with Crippen molar-refractivity contribution in [2.75, 3.05) is 16.8 Å². The van der Waals surface area contributed by atoms with E-state index in [9.17, 15) is 14.9 Å². The molecule has 8 heteroatoms. The molecule has 1 aromatic heterocycles. The van der Waals surface area contributed by atoms with E-state index in [1.54, 1.807) is 18.3 Å². The zero-order chi connectivity index (χ0) is 15.5. The van der Waals surface area contributed by atoms with Crippen molar-refractivity contribution in [2.45, 2.75) is 18.9 Å². The molecule has 7 nitrogen and oxygen atoms in total. The van der Waals surface area contributed by atoms with Crippen molar-refractivity contribution in [3.05, 3.63) is 46.0 Å². The highest BCUT2D eigenvalue weighted by atomic mass is 32.1. The lowest BCUT2D eigenvalue weighted by Crippen LogP contribution is -2.39. The minimum atomic E-state index is -0.479. The SMILES string of the molecule is O=C(Nc1cccc([N+](=O)[O-])c1)[C@H]1CCCN1c1nccs1. The van der Waals surface area contributed by atoms with Gasteiger partial charge in [-0.05, 0) is 18.9 Å². The van der Waals surface area contributed by atoms with Gasteiger partial charge in [0.05, 0.1) is 4.92 Å². The monoisotopic (exact) mass is 318 g/mol. The Morgan fingerprint density at radius 3 is 3.09 bits per heavy atom. The number of aromatic nitrogens is 1. The molecule has 0 radical (unpaired) electrons. The van der Waals surface area contributed by atoms with E-state index in [4.69, 9.17) is 0 Å². The van der Waals surface area contributed by atoms with E-state index < -0.39 is 4.92 Å². The molecule has 0 aliphatic carbocycles. The predicted molar refractivity (Wildman–Crippen MR) is 84.2 cm³/mol. The maximum absolute atomic E-state index is 12.5. The molecule has 0 unspecified atom stereocenters. The maximum Gasteiger partial charge on any atom is 0.271 e. The van der Waals surface area contributed by atoms with Gasteiger partial charge >= 0.3 is 0 Å². The number of benzene rings is 1. The first-order valence-electron chi connectivity index (χ1n) is 6.86. The number of nitrogens with one attached hydrogen (secondary N) is 1. The number of non-ortho nitro benzene ring substituents is 1. The van der Waals surface area contributed by atoms with Gasteiger partial charge in [0.25, 0.3) is 5.69 Å². The highest BCUT2D eigenvalue weighted by molar-refractivity contribution is 7.13. The summed E-state index contributed by atoms with van der Waals surface area (Å²) in [6.07, 6.45) is 3.39. The lowest BCUT2D eigenvalue weighted by atomic mass is 10.2. The predicted octanol–water partition coefficient (Wildman–Crippen LogP) is 2.66. The van der Waals surface area contributed by atoms with Crippen LogP contribution in [0.4, 0.5) is 16.5 Å². The van der Waals surface area contributed by atoms with Crippen LogP contribution < -0.4 is 10.2 Å². The third kappa shape index (κ3) is 2.91. The molecule has 1 aliphatic rings. The van der Waals surface area contributed by atoms with Crippen molar-refractivity contribution in [1.29, 1.82) is 0 Å². The summed E-state index contributed by atoms with van der Waals surface area (Å²) < 4.78 is 0. The number of carbonyl (C=O) groups excluding carboxylic acids is 1. The summed E-state index contributed by atoms with van der Waals surface area (Å²) in [6, 6.07) is 5.67. The van der Waals surface area contributed by atoms with Gasteiger partial charge in [-0.2, -0.15) is 0 Å². The Morgan fingerprint density at radius 1 is 1.50 bits per heavy atom. The first kappa shape index (κ1) is 14.5. The number of nitro benzene ring substituents is 1. The van der Waals surface area contributed by atoms with Crippen molar-refractivity contribution in [3.63, 3.8) is 0 Å². The summed E-state index contributed by atoms with van der Waals surface area (Å²) in [6.45, 7) is 0.792. The molecule has 1 aromatic carbocycles. The largest absolute Gasteiger partial charge is 0.336 e. The summed E-state index contributed by atoms with van der Waals surface area (Å²) in [4.78, 5) is 29.0. The quantitative estimate of drug-likeness (QED) is 0.691. The van der Waals surface area contributed by atoms with Gasteiger partial charge in [0.2, 0.25) is 5.91 Å². The third-order valence-electron chi connectivity index (χ3n) is 3.54. The van der Waals surface area contributed by atoms with Crippen LogP contribution in [0.3, 0.4) is 0 Å². The van der Waals surface area contributed by atoms with Crippen LogP contribution in [-0.2, 0) is 4.79 Å². The van der Waals surface area contributed by atoms with Crippen LogP contribution in [0.15, 0.2) is 35.8 Å². The lowest BCUT2D eigenvalue weighted by Gasteiger charge is -2.23. The fourth-order valence-corrected chi connectivity index (χ4v) is 3.27. The van der Waals surface area contributed by atoms with E-state index in [0.717, 1.165) is 24.5 Å². The fourth-order valence-electron chi connectivity index (χ4n) is 2.55. The second-order valence-electron chi connectivity index (χ2n) is 4.96. The van der Waals surface area contributed by atoms with Crippen LogP contribution in [0.5, 0.6) is 0 Å². The zero-order valence-corrected chi connectivity index (χ0v) is 12.5. The molecular weight excluding hydrogens is 304 g/mol. The molecule has 0 bridgehead atoms. The van der Waals surface area contributed by atoms with Gasteiger partial charge in [-0.3, -0.25) is 14.9 Å². The normalized spacial score (nSPS) is 17.5. The Morgan fingerprint density at radius 2 is 2.36 bits per heavy atom. The number of hydrogen-bond acceptors (Lipinski definition) is 6. The first-order valence-corrected chi connectivity index (χ1v) is 7.74. The summed E-state index contributed by atoms with van der Waals surface area (Å²) in [5.41, 5.74) is 0.395. The minimum Gasteiger partial charge on any atom is -0.336 e. The first-order chi connectivity index (χ1) is 10.6. The number of thiazole rings is 1. The van der Waals surface area contributed by atoms with E-state index >= 15 is 0 Å². The van der Waals surface area contributed by atoms with E-state index in [2.05, 4.69) is 10.3 Å². The molecule has 114 valence electrons. The molecule has 3 rings (SSSR count). The fraction of sp³-hybridized carbons (Fsp3) is 0.286. The van der Waals surface area contributed by atoms with Gasteiger partial charge < -0.3 is 10.2 Å². The van der Waals surface area contributed by atoms with Gasteiger partial charge in [0.1, 0.15) is 6.04 Å². The smallest absolute Gasteiger partial charge is 0.271 e. The van der Waals surface area contributed by atoms with Gasteiger partial charge in [-0.25, -0.2) is 4.98 Å². The molecule has 1 aliphatic heterocycles. The molecule has 22 heavy (non-hydrogen) atoms. The Hall–Kier alpha value is -2.48. The highest BCUT2D eigenvalue weighted by Crippen LogP contribution is 2.28. The van der Waals surface area contributed by atoms with Crippen molar-refractivity contribution >= 4 is 33.8 Å². The van der Waals surface area contributed by atoms with Crippen molar-refractivity contribution < 1.29 is 9.72 Å². The van der Waals surface area contributed by atoms with Crippen LogP contribution in [0, 0.1) is 10.1 Å². The van der Waals surface area contributed by atoms with Crippen LogP contribution in [0.1, 0.15) is 12.8 Å². The van der Waals surface area contributed by atoms with Gasteiger partial charge in [0.15, 0.2) is 5.13 Å². The molecule has 2 heterocycles. The number of anilines is 2. The van der Waals surface area contributed by atoms with Crippen molar-refractivity contribution in [1.82, 2.24) is 4.98 Å². The van der Waals surface area contributed by atoms with Gasteiger partial charge in [-0.15, -0.1) is 11.3 Å². The molecule has 0 saturated carbocycles. The van der Waals surface area contributed by atoms with Crippen LogP contribution in [-0.4, -0.2) is 28.4 Å². The maximum atomic E-state index is 12.5. The Balaban J connectivity index is 1.74. The van der Waals surface area contributed by atoms with E-state index in [1.807, 2.05) is 10.3 Å². The summed E-state index contributed by atoms with van der Waals surface area (Å²) in [7, 11) is 0. The minimum absolute atomic E-state index is 0.0407. The second-order valence-corrected chi connectivity index (χ2v) is 5.84. The van der Waals surface area contributed by atoms with E-state index in [0.29, 0.717) is 5.69 Å². The standard InChI is InChI=1S/C14H14N4O3S/c19-13(16-10-3-1-4-11(9-10)18(20)21)12-5-2-7-17(12)14-15-6-8-22-14/h1,3-4,6,8-9,12H,2,5,7H2,(H,16,19)/t12-/m1/s1. The molecule has 1 N–H and O–H groups in total. The summed E-state index contributed by atoms with van der Waals surface area (Å²) >= 11 is 1.50. The number of nitro groups is 1. The lowest BCUT2D eigenvalue weighted by molar-refractivity contribution is -0.384. The third-order valence-corrected chi connectivity index (χ3v) is 4.35. The second kappa shape index (κ2) is 6.10. The molecule has 2 aromatic rings.